The highest BCUT2D eigenvalue weighted by Gasteiger charge is 2.20. The molecule has 0 unspecified atom stereocenters. The van der Waals surface area contributed by atoms with Crippen molar-refractivity contribution in [1.29, 1.82) is 0 Å². The molecule has 0 radical (unpaired) electrons. The van der Waals surface area contributed by atoms with Gasteiger partial charge in [-0.1, -0.05) is 26.0 Å². The van der Waals surface area contributed by atoms with Crippen LogP contribution in [0.5, 0.6) is 0 Å². The molecule has 1 aromatic carbocycles. The SMILES string of the molecule is CC(C)c1nc(S(=O)(=O)NCCc2nc3ccccc3[nH]2)cn1C. The summed E-state index contributed by atoms with van der Waals surface area (Å²) >= 11 is 0. The second-order valence-electron chi connectivity index (χ2n) is 6.05. The van der Waals surface area contributed by atoms with Crippen molar-refractivity contribution in [3.05, 3.63) is 42.1 Å². The fourth-order valence-corrected chi connectivity index (χ4v) is 3.65. The molecule has 0 bridgehead atoms. The number of imidazole rings is 2. The average molecular weight is 347 g/mol. The van der Waals surface area contributed by atoms with Gasteiger partial charge in [0.15, 0.2) is 5.03 Å². The van der Waals surface area contributed by atoms with Crippen LogP contribution in [0.25, 0.3) is 11.0 Å². The van der Waals surface area contributed by atoms with E-state index in [9.17, 15) is 8.42 Å². The Hall–Kier alpha value is -2.19. The number of sulfonamides is 1. The van der Waals surface area contributed by atoms with Gasteiger partial charge in [-0.25, -0.2) is 23.1 Å². The van der Waals surface area contributed by atoms with Gasteiger partial charge in [-0.3, -0.25) is 0 Å². The summed E-state index contributed by atoms with van der Waals surface area (Å²) in [6, 6.07) is 7.71. The van der Waals surface area contributed by atoms with Crippen LogP contribution < -0.4 is 4.72 Å². The van der Waals surface area contributed by atoms with Crippen LogP contribution in [0.1, 0.15) is 31.4 Å². The van der Waals surface area contributed by atoms with Crippen LogP contribution in [0.15, 0.2) is 35.5 Å². The van der Waals surface area contributed by atoms with Gasteiger partial charge in [0.05, 0.1) is 11.0 Å². The summed E-state index contributed by atoms with van der Waals surface area (Å²) < 4.78 is 29.1. The molecule has 0 fully saturated rings. The maximum absolute atomic E-state index is 12.4. The lowest BCUT2D eigenvalue weighted by atomic mass is 10.2. The third kappa shape index (κ3) is 3.34. The minimum atomic E-state index is -3.62. The van der Waals surface area contributed by atoms with E-state index in [1.54, 1.807) is 17.8 Å². The number of aromatic nitrogens is 4. The quantitative estimate of drug-likeness (QED) is 0.713. The Morgan fingerprint density at radius 3 is 2.67 bits per heavy atom. The first-order chi connectivity index (χ1) is 11.4. The topological polar surface area (TPSA) is 92.7 Å². The Morgan fingerprint density at radius 1 is 1.25 bits per heavy atom. The summed E-state index contributed by atoms with van der Waals surface area (Å²) in [5.74, 6) is 1.66. The Labute approximate surface area is 141 Å². The molecule has 0 spiro atoms. The van der Waals surface area contributed by atoms with Crippen LogP contribution >= 0.6 is 0 Å². The van der Waals surface area contributed by atoms with E-state index in [2.05, 4.69) is 19.7 Å². The molecule has 7 nitrogen and oxygen atoms in total. The number of nitrogens with zero attached hydrogens (tertiary/aromatic N) is 3. The van der Waals surface area contributed by atoms with E-state index in [0.717, 1.165) is 22.7 Å². The van der Waals surface area contributed by atoms with Crippen molar-refractivity contribution >= 4 is 21.1 Å². The Balaban J connectivity index is 1.67. The average Bonchev–Trinajstić information content (AvgIpc) is 3.10. The van der Waals surface area contributed by atoms with Gasteiger partial charge >= 0.3 is 0 Å². The van der Waals surface area contributed by atoms with Crippen LogP contribution in [0.3, 0.4) is 0 Å². The maximum Gasteiger partial charge on any atom is 0.259 e. The zero-order valence-corrected chi connectivity index (χ0v) is 14.8. The van der Waals surface area contributed by atoms with Crippen LogP contribution in [0, 0.1) is 0 Å². The van der Waals surface area contributed by atoms with E-state index >= 15 is 0 Å². The summed E-state index contributed by atoms with van der Waals surface area (Å²) in [7, 11) is -1.82. The van der Waals surface area contributed by atoms with E-state index < -0.39 is 10.0 Å². The Morgan fingerprint density at radius 2 is 2.00 bits per heavy atom. The summed E-state index contributed by atoms with van der Waals surface area (Å²) in [6.45, 7) is 4.22. The standard InChI is InChI=1S/C16H21N5O2S/c1-11(2)16-20-15(10-21(16)3)24(22,23)17-9-8-14-18-12-6-4-5-7-13(12)19-14/h4-7,10-11,17H,8-9H2,1-3H3,(H,18,19). The molecule has 2 N–H and O–H groups in total. The zero-order chi connectivity index (χ0) is 17.3. The second-order valence-corrected chi connectivity index (χ2v) is 7.77. The Bertz CT molecular complexity index is 923. The van der Waals surface area contributed by atoms with Gasteiger partial charge in [0, 0.05) is 32.1 Å². The fourth-order valence-electron chi connectivity index (χ4n) is 2.62. The predicted octanol–water partition coefficient (Wildman–Crippen LogP) is 1.94. The minimum absolute atomic E-state index is 0.0540. The molecule has 0 aliphatic carbocycles. The largest absolute Gasteiger partial charge is 0.342 e. The second kappa shape index (κ2) is 6.37. The van der Waals surface area contributed by atoms with Crippen molar-refractivity contribution in [2.45, 2.75) is 31.2 Å². The Kier molecular flexibility index (Phi) is 4.42. The molecule has 0 aliphatic rings. The number of aryl methyl sites for hydroxylation is 1. The molecular weight excluding hydrogens is 326 g/mol. The third-order valence-electron chi connectivity index (χ3n) is 3.77. The molecule has 2 aromatic heterocycles. The van der Waals surface area contributed by atoms with Crippen molar-refractivity contribution in [3.8, 4) is 0 Å². The molecule has 2 heterocycles. The van der Waals surface area contributed by atoms with Crippen molar-refractivity contribution in [1.82, 2.24) is 24.2 Å². The number of H-pyrrole nitrogens is 1. The van der Waals surface area contributed by atoms with E-state index in [1.807, 2.05) is 38.1 Å². The van der Waals surface area contributed by atoms with Crippen molar-refractivity contribution in [2.75, 3.05) is 6.54 Å². The summed E-state index contributed by atoms with van der Waals surface area (Å²) in [5, 5.41) is 0.0540. The number of hydrogen-bond donors (Lipinski definition) is 2. The summed E-state index contributed by atoms with van der Waals surface area (Å²) in [4.78, 5) is 11.9. The van der Waals surface area contributed by atoms with E-state index in [1.165, 1.54) is 0 Å². The predicted molar refractivity (Wildman–Crippen MR) is 92.3 cm³/mol. The first kappa shape index (κ1) is 16.7. The van der Waals surface area contributed by atoms with Gasteiger partial charge in [-0.2, -0.15) is 0 Å². The number of rotatable bonds is 6. The van der Waals surface area contributed by atoms with E-state index in [4.69, 9.17) is 0 Å². The zero-order valence-electron chi connectivity index (χ0n) is 13.9. The number of fused-ring (bicyclic) bond motifs is 1. The minimum Gasteiger partial charge on any atom is -0.342 e. The van der Waals surface area contributed by atoms with Crippen LogP contribution in [-0.4, -0.2) is 34.5 Å². The highest BCUT2D eigenvalue weighted by molar-refractivity contribution is 7.89. The van der Waals surface area contributed by atoms with Gasteiger partial charge in [-0.15, -0.1) is 0 Å². The molecule has 0 atom stereocenters. The van der Waals surface area contributed by atoms with Gasteiger partial charge in [0.1, 0.15) is 11.6 Å². The van der Waals surface area contributed by atoms with Crippen LogP contribution in [0.4, 0.5) is 0 Å². The monoisotopic (exact) mass is 347 g/mol. The highest BCUT2D eigenvalue weighted by atomic mass is 32.2. The molecule has 0 saturated heterocycles. The lowest BCUT2D eigenvalue weighted by Gasteiger charge is -2.03. The fraction of sp³-hybridized carbons (Fsp3) is 0.375. The van der Waals surface area contributed by atoms with Crippen LogP contribution in [0.2, 0.25) is 0 Å². The van der Waals surface area contributed by atoms with Crippen molar-refractivity contribution in [3.63, 3.8) is 0 Å². The number of nitrogens with one attached hydrogen (secondary N) is 2. The first-order valence-electron chi connectivity index (χ1n) is 7.83. The third-order valence-corrected chi connectivity index (χ3v) is 5.11. The molecule has 3 aromatic rings. The highest BCUT2D eigenvalue weighted by Crippen LogP contribution is 2.16. The first-order valence-corrected chi connectivity index (χ1v) is 9.31. The molecule has 8 heteroatoms. The molecule has 128 valence electrons. The van der Waals surface area contributed by atoms with Gasteiger partial charge < -0.3 is 9.55 Å². The van der Waals surface area contributed by atoms with Gasteiger partial charge in [0.25, 0.3) is 10.0 Å². The van der Waals surface area contributed by atoms with Crippen molar-refractivity contribution < 1.29 is 8.42 Å². The molecule has 0 saturated carbocycles. The summed E-state index contributed by atoms with van der Waals surface area (Å²) in [6.07, 6.45) is 2.02. The number of benzene rings is 1. The van der Waals surface area contributed by atoms with Gasteiger partial charge in [-0.05, 0) is 12.1 Å². The lowest BCUT2D eigenvalue weighted by molar-refractivity contribution is 0.577. The number of aromatic amines is 1. The molecule has 0 aliphatic heterocycles. The molecular formula is C16H21N5O2S. The number of para-hydroxylation sites is 2. The molecule has 0 amide bonds. The van der Waals surface area contributed by atoms with Gasteiger partial charge in [0.2, 0.25) is 0 Å². The summed E-state index contributed by atoms with van der Waals surface area (Å²) in [5.41, 5.74) is 1.82. The van der Waals surface area contributed by atoms with E-state index in [0.29, 0.717) is 6.42 Å². The molecule has 24 heavy (non-hydrogen) atoms. The van der Waals surface area contributed by atoms with Crippen LogP contribution in [-0.2, 0) is 23.5 Å². The molecule has 3 rings (SSSR count). The van der Waals surface area contributed by atoms with E-state index in [-0.39, 0.29) is 17.5 Å². The maximum atomic E-state index is 12.4. The number of hydrogen-bond acceptors (Lipinski definition) is 4. The normalized spacial score (nSPS) is 12.3. The van der Waals surface area contributed by atoms with Crippen molar-refractivity contribution in [2.24, 2.45) is 7.05 Å². The lowest BCUT2D eigenvalue weighted by Crippen LogP contribution is -2.26. The smallest absolute Gasteiger partial charge is 0.259 e.